The Labute approximate surface area is 377 Å². The zero-order chi connectivity index (χ0) is 43.6. The SMILES string of the molecule is CCCCCCCCC(CCCCCC)C(=O)OCCN(CCOC(=O)C(CCCCCC)CCCCCCCC)C(=O)OCCSSCCOCCN1CCCCCC1. The summed E-state index contributed by atoms with van der Waals surface area (Å²) in [6.45, 7) is 14.7. The lowest BCUT2D eigenvalue weighted by Crippen LogP contribution is -2.38. The largest absolute Gasteiger partial charge is 0.464 e. The summed E-state index contributed by atoms with van der Waals surface area (Å²) in [7, 11) is 3.42. The second kappa shape index (κ2) is 43.1. The van der Waals surface area contributed by atoms with Gasteiger partial charge in [0.25, 0.3) is 0 Å². The van der Waals surface area contributed by atoms with Gasteiger partial charge in [-0.2, -0.15) is 0 Å². The molecule has 0 spiro atoms. The van der Waals surface area contributed by atoms with Crippen LogP contribution in [0.5, 0.6) is 0 Å². The van der Waals surface area contributed by atoms with Crippen molar-refractivity contribution in [1.29, 1.82) is 0 Å². The predicted molar refractivity (Wildman–Crippen MR) is 256 cm³/mol. The van der Waals surface area contributed by atoms with E-state index in [0.29, 0.717) is 12.4 Å². The average Bonchev–Trinajstić information content (AvgIpc) is 3.53. The lowest BCUT2D eigenvalue weighted by atomic mass is 9.94. The molecule has 0 aromatic carbocycles. The molecule has 1 saturated heterocycles. The van der Waals surface area contributed by atoms with Crippen molar-refractivity contribution < 1.29 is 33.3 Å². The first-order valence-electron chi connectivity index (χ1n) is 25.3. The molecule has 0 aliphatic carbocycles. The van der Waals surface area contributed by atoms with E-state index in [1.54, 1.807) is 26.5 Å². The number of carbonyl (C=O) groups excluding carboxylic acids is 3. The Morgan fingerprint density at radius 2 is 0.883 bits per heavy atom. The number of hydrogen-bond donors (Lipinski definition) is 0. The normalized spacial score (nSPS) is 14.4. The first-order valence-corrected chi connectivity index (χ1v) is 27.7. The number of esters is 2. The molecular weight excluding hydrogens is 793 g/mol. The molecule has 1 amide bonds. The Bertz CT molecular complexity index is 935. The number of amides is 1. The lowest BCUT2D eigenvalue weighted by Gasteiger charge is -2.23. The zero-order valence-corrected chi connectivity index (χ0v) is 41.1. The van der Waals surface area contributed by atoms with Crippen molar-refractivity contribution in [2.75, 3.05) is 77.3 Å². The highest BCUT2D eigenvalue weighted by Gasteiger charge is 2.23. The molecule has 1 rings (SSSR count). The molecule has 0 radical (unpaired) electrons. The number of likely N-dealkylation sites (tertiary alicyclic amines) is 1. The van der Waals surface area contributed by atoms with Crippen molar-refractivity contribution in [3.05, 3.63) is 0 Å². The Hall–Kier alpha value is -1.17. The Morgan fingerprint density at radius 1 is 0.483 bits per heavy atom. The van der Waals surface area contributed by atoms with Crippen LogP contribution in [0.4, 0.5) is 4.79 Å². The smallest absolute Gasteiger partial charge is 0.410 e. The lowest BCUT2D eigenvalue weighted by molar-refractivity contribution is -0.149. The van der Waals surface area contributed by atoms with Crippen molar-refractivity contribution in [3.8, 4) is 0 Å². The fraction of sp³-hybridized carbons (Fsp3) is 0.939. The molecule has 1 fully saturated rings. The number of rotatable bonds is 42. The number of ether oxygens (including phenoxy) is 4. The standard InChI is InChI=1S/C49H94N2O7S2/c1-5-9-13-17-19-25-31-45(29-23-15-11-7-3)47(52)56-39-36-51(37-40-57-48(53)46(30-24-16-12-8-4)32-26-20-18-14-10-6-2)49(54)58-42-44-60-59-43-41-55-38-35-50-33-27-21-22-28-34-50/h45-46H,5-44H2,1-4H3. The number of carbonyl (C=O) groups is 3. The van der Waals surface area contributed by atoms with Crippen LogP contribution < -0.4 is 0 Å². The first kappa shape index (κ1) is 56.8. The van der Waals surface area contributed by atoms with Crippen LogP contribution in [0, 0.1) is 11.8 Å². The molecule has 11 heteroatoms. The van der Waals surface area contributed by atoms with Crippen LogP contribution in [-0.4, -0.2) is 105 Å². The monoisotopic (exact) mass is 887 g/mol. The van der Waals surface area contributed by atoms with Crippen LogP contribution in [0.25, 0.3) is 0 Å². The van der Waals surface area contributed by atoms with Gasteiger partial charge in [-0.15, -0.1) is 0 Å². The molecule has 354 valence electrons. The molecule has 1 aliphatic rings. The predicted octanol–water partition coefficient (Wildman–Crippen LogP) is 13.5. The number of unbranched alkanes of at least 4 members (excludes halogenated alkanes) is 16. The molecule has 0 bridgehead atoms. The molecule has 0 aromatic rings. The summed E-state index contributed by atoms with van der Waals surface area (Å²) in [6.07, 6.45) is 31.6. The van der Waals surface area contributed by atoms with Crippen LogP contribution >= 0.6 is 21.6 Å². The summed E-state index contributed by atoms with van der Waals surface area (Å²) in [5.41, 5.74) is 0. The van der Waals surface area contributed by atoms with Crippen LogP contribution in [0.2, 0.25) is 0 Å². The van der Waals surface area contributed by atoms with Crippen molar-refractivity contribution >= 4 is 39.6 Å². The van der Waals surface area contributed by atoms with Gasteiger partial charge in [-0.1, -0.05) is 191 Å². The van der Waals surface area contributed by atoms with Crippen LogP contribution in [0.3, 0.4) is 0 Å². The second-order valence-electron chi connectivity index (χ2n) is 17.2. The summed E-state index contributed by atoms with van der Waals surface area (Å²) in [5.74, 6) is 1.04. The Morgan fingerprint density at radius 3 is 1.33 bits per heavy atom. The highest BCUT2D eigenvalue weighted by molar-refractivity contribution is 8.76. The summed E-state index contributed by atoms with van der Waals surface area (Å²) < 4.78 is 23.3. The zero-order valence-electron chi connectivity index (χ0n) is 39.5. The maximum Gasteiger partial charge on any atom is 0.410 e. The van der Waals surface area contributed by atoms with Crippen molar-refractivity contribution in [3.63, 3.8) is 0 Å². The first-order chi connectivity index (χ1) is 29.5. The van der Waals surface area contributed by atoms with Gasteiger partial charge in [-0.3, -0.25) is 9.59 Å². The quantitative estimate of drug-likeness (QED) is 0.0255. The molecule has 1 aliphatic heterocycles. The Balaban J connectivity index is 2.69. The average molecular weight is 887 g/mol. The summed E-state index contributed by atoms with van der Waals surface area (Å²) in [6, 6.07) is 0. The van der Waals surface area contributed by atoms with E-state index in [4.69, 9.17) is 18.9 Å². The minimum absolute atomic E-state index is 0.101. The molecule has 0 N–H and O–H groups in total. The van der Waals surface area contributed by atoms with Gasteiger partial charge >= 0.3 is 18.0 Å². The summed E-state index contributed by atoms with van der Waals surface area (Å²) >= 11 is 0. The molecule has 2 unspecified atom stereocenters. The fourth-order valence-electron chi connectivity index (χ4n) is 7.90. The van der Waals surface area contributed by atoms with Gasteiger partial charge in [0.1, 0.15) is 19.8 Å². The van der Waals surface area contributed by atoms with E-state index in [1.165, 1.54) is 103 Å². The van der Waals surface area contributed by atoms with Gasteiger partial charge in [-0.25, -0.2) is 4.79 Å². The van der Waals surface area contributed by atoms with Crippen LogP contribution in [0.1, 0.15) is 207 Å². The second-order valence-corrected chi connectivity index (χ2v) is 19.9. The third kappa shape index (κ3) is 33.4. The van der Waals surface area contributed by atoms with E-state index >= 15 is 0 Å². The highest BCUT2D eigenvalue weighted by atomic mass is 33.1. The highest BCUT2D eigenvalue weighted by Crippen LogP contribution is 2.23. The van der Waals surface area contributed by atoms with Crippen LogP contribution in [-0.2, 0) is 28.5 Å². The van der Waals surface area contributed by atoms with Gasteiger partial charge in [0, 0.05) is 18.1 Å². The van der Waals surface area contributed by atoms with E-state index < -0.39 is 6.09 Å². The van der Waals surface area contributed by atoms with E-state index in [2.05, 4.69) is 32.6 Å². The molecule has 60 heavy (non-hydrogen) atoms. The van der Waals surface area contributed by atoms with E-state index in [-0.39, 0.29) is 56.7 Å². The number of nitrogens with zero attached hydrogens (tertiary/aromatic N) is 2. The van der Waals surface area contributed by atoms with Gasteiger partial charge in [0.05, 0.1) is 38.1 Å². The maximum absolute atomic E-state index is 13.4. The Kier molecular flexibility index (Phi) is 40.8. The minimum Gasteiger partial charge on any atom is -0.464 e. The van der Waals surface area contributed by atoms with Crippen molar-refractivity contribution in [1.82, 2.24) is 9.80 Å². The summed E-state index contributed by atoms with van der Waals surface area (Å²) in [4.78, 5) is 44.3. The van der Waals surface area contributed by atoms with Crippen molar-refractivity contribution in [2.24, 2.45) is 11.8 Å². The van der Waals surface area contributed by atoms with E-state index in [9.17, 15) is 14.4 Å². The molecular formula is C49H94N2O7S2. The molecule has 0 saturated carbocycles. The summed E-state index contributed by atoms with van der Waals surface area (Å²) in [5, 5.41) is 0. The van der Waals surface area contributed by atoms with Crippen LogP contribution in [0.15, 0.2) is 0 Å². The van der Waals surface area contributed by atoms with E-state index in [1.807, 2.05) is 0 Å². The van der Waals surface area contributed by atoms with Crippen molar-refractivity contribution in [2.45, 2.75) is 207 Å². The topological polar surface area (TPSA) is 94.6 Å². The minimum atomic E-state index is -0.462. The van der Waals surface area contributed by atoms with Gasteiger partial charge < -0.3 is 28.7 Å². The molecule has 0 aromatic heterocycles. The number of hydrogen-bond acceptors (Lipinski definition) is 10. The van der Waals surface area contributed by atoms with E-state index in [0.717, 1.165) is 109 Å². The third-order valence-corrected chi connectivity index (χ3v) is 14.1. The third-order valence-electron chi connectivity index (χ3n) is 11.8. The molecule has 9 nitrogen and oxygen atoms in total. The molecule has 2 atom stereocenters. The fourth-order valence-corrected chi connectivity index (χ4v) is 9.59. The molecule has 1 heterocycles. The maximum atomic E-state index is 13.4. The van der Waals surface area contributed by atoms with Gasteiger partial charge in [0.2, 0.25) is 0 Å². The van der Waals surface area contributed by atoms with Gasteiger partial charge in [-0.05, 0) is 51.6 Å². The van der Waals surface area contributed by atoms with Gasteiger partial charge in [0.15, 0.2) is 0 Å².